The molecule has 1 aromatic heterocycles. The minimum atomic E-state index is -0.488. The topological polar surface area (TPSA) is 56.0 Å². The molecule has 2 aromatic rings. The molecule has 0 saturated carbocycles. The Morgan fingerprint density at radius 1 is 1.33 bits per heavy atom. The van der Waals surface area contributed by atoms with Gasteiger partial charge in [0.15, 0.2) is 0 Å². The lowest BCUT2D eigenvalue weighted by atomic mass is 10.2. The molecule has 0 aliphatic heterocycles. The highest BCUT2D eigenvalue weighted by Gasteiger charge is 2.10. The minimum absolute atomic E-state index is 0.216. The van der Waals surface area contributed by atoms with Crippen molar-refractivity contribution >= 4 is 10.9 Å². The van der Waals surface area contributed by atoms with Gasteiger partial charge in [-0.05, 0) is 25.2 Å². The van der Waals surface area contributed by atoms with Gasteiger partial charge < -0.3 is 5.32 Å². The number of hydrogen-bond acceptors (Lipinski definition) is 3. The second kappa shape index (κ2) is 4.73. The van der Waals surface area contributed by atoms with Gasteiger partial charge >= 0.3 is 5.69 Å². The first-order valence-electron chi connectivity index (χ1n) is 5.60. The zero-order valence-corrected chi connectivity index (χ0v) is 10.2. The number of rotatable bonds is 3. The number of fused-ring (bicyclic) bond motifs is 1. The van der Waals surface area contributed by atoms with Crippen LogP contribution in [0.15, 0.2) is 27.8 Å². The molecule has 0 aliphatic carbocycles. The van der Waals surface area contributed by atoms with Crippen LogP contribution in [0, 0.1) is 5.82 Å². The van der Waals surface area contributed by atoms with Crippen molar-refractivity contribution in [2.24, 2.45) is 7.05 Å². The number of nitrogens with zero attached hydrogens (tertiary/aromatic N) is 2. The lowest BCUT2D eigenvalue weighted by Crippen LogP contribution is -2.41. The van der Waals surface area contributed by atoms with Crippen LogP contribution in [0.4, 0.5) is 4.39 Å². The van der Waals surface area contributed by atoms with Crippen LogP contribution < -0.4 is 16.6 Å². The Hall–Kier alpha value is -1.95. The molecule has 0 spiro atoms. The summed E-state index contributed by atoms with van der Waals surface area (Å²) in [5, 5.41) is 3.08. The van der Waals surface area contributed by atoms with E-state index >= 15 is 0 Å². The molecule has 0 saturated heterocycles. The zero-order chi connectivity index (χ0) is 13.3. The van der Waals surface area contributed by atoms with E-state index in [0.29, 0.717) is 12.1 Å². The van der Waals surface area contributed by atoms with Crippen LogP contribution in [-0.4, -0.2) is 22.7 Å². The van der Waals surface area contributed by atoms with E-state index in [9.17, 15) is 14.0 Å². The summed E-state index contributed by atoms with van der Waals surface area (Å²) in [7, 11) is 3.30. The van der Waals surface area contributed by atoms with Crippen molar-refractivity contribution in [1.29, 1.82) is 0 Å². The van der Waals surface area contributed by atoms with Gasteiger partial charge in [-0.1, -0.05) is 0 Å². The molecular formula is C12H14FN3O2. The lowest BCUT2D eigenvalue weighted by Gasteiger charge is -2.10. The number of likely N-dealkylation sites (N-methyl/N-ethyl adjacent to an activating group) is 1. The minimum Gasteiger partial charge on any atom is -0.318 e. The Bertz CT molecular complexity index is 703. The van der Waals surface area contributed by atoms with E-state index in [1.165, 1.54) is 16.7 Å². The van der Waals surface area contributed by atoms with Gasteiger partial charge in [-0.3, -0.25) is 13.9 Å². The summed E-state index contributed by atoms with van der Waals surface area (Å²) < 4.78 is 15.6. The van der Waals surface area contributed by atoms with E-state index in [0.717, 1.165) is 10.6 Å². The first-order valence-corrected chi connectivity index (χ1v) is 5.60. The maximum atomic E-state index is 13.2. The highest BCUT2D eigenvalue weighted by atomic mass is 19.1. The SMILES string of the molecule is CNCCn1c(=O)c2cc(F)ccc2n(C)c1=O. The van der Waals surface area contributed by atoms with E-state index in [1.54, 1.807) is 14.1 Å². The number of hydrogen-bond donors (Lipinski definition) is 1. The summed E-state index contributed by atoms with van der Waals surface area (Å²) in [6.07, 6.45) is 0. The standard InChI is InChI=1S/C12H14FN3O2/c1-14-5-6-16-11(17)9-7-8(13)3-4-10(9)15(2)12(16)18/h3-4,7,14H,5-6H2,1-2H3. The van der Waals surface area contributed by atoms with Gasteiger partial charge in [0.1, 0.15) is 5.82 Å². The average Bonchev–Trinajstić information content (AvgIpc) is 2.36. The molecule has 2 rings (SSSR count). The second-order valence-corrected chi connectivity index (χ2v) is 4.06. The molecule has 18 heavy (non-hydrogen) atoms. The number of nitrogens with one attached hydrogen (secondary N) is 1. The van der Waals surface area contributed by atoms with Gasteiger partial charge in [0.05, 0.1) is 10.9 Å². The van der Waals surface area contributed by atoms with Crippen molar-refractivity contribution in [3.8, 4) is 0 Å². The van der Waals surface area contributed by atoms with Crippen LogP contribution in [0.5, 0.6) is 0 Å². The van der Waals surface area contributed by atoms with E-state index in [4.69, 9.17) is 0 Å². The Labute approximate surface area is 102 Å². The van der Waals surface area contributed by atoms with Crippen LogP contribution in [0.2, 0.25) is 0 Å². The predicted molar refractivity (Wildman–Crippen MR) is 67.3 cm³/mol. The molecule has 0 radical (unpaired) electrons. The number of aromatic nitrogens is 2. The molecule has 0 aliphatic rings. The molecule has 0 fully saturated rings. The van der Waals surface area contributed by atoms with Crippen LogP contribution >= 0.6 is 0 Å². The summed E-state index contributed by atoms with van der Waals surface area (Å²) >= 11 is 0. The predicted octanol–water partition coefficient (Wildman–Crippen LogP) is 0.0587. The Morgan fingerprint density at radius 3 is 2.72 bits per heavy atom. The fraction of sp³-hybridized carbons (Fsp3) is 0.333. The van der Waals surface area contributed by atoms with E-state index in [-0.39, 0.29) is 11.9 Å². The fourth-order valence-electron chi connectivity index (χ4n) is 1.91. The third-order valence-electron chi connectivity index (χ3n) is 2.90. The molecular weight excluding hydrogens is 237 g/mol. The summed E-state index contributed by atoms with van der Waals surface area (Å²) in [5.74, 6) is -0.488. The Balaban J connectivity index is 2.80. The Kier molecular flexibility index (Phi) is 3.29. The van der Waals surface area contributed by atoms with Crippen LogP contribution in [0.3, 0.4) is 0 Å². The molecule has 0 unspecified atom stereocenters. The molecule has 0 amide bonds. The van der Waals surface area contributed by atoms with E-state index in [1.807, 2.05) is 0 Å². The van der Waals surface area contributed by atoms with Gasteiger partial charge in [0.25, 0.3) is 5.56 Å². The quantitative estimate of drug-likeness (QED) is 0.839. The van der Waals surface area contributed by atoms with Crippen molar-refractivity contribution in [2.45, 2.75) is 6.54 Å². The van der Waals surface area contributed by atoms with E-state index in [2.05, 4.69) is 5.32 Å². The second-order valence-electron chi connectivity index (χ2n) is 4.06. The molecule has 1 heterocycles. The molecule has 5 nitrogen and oxygen atoms in total. The van der Waals surface area contributed by atoms with Crippen molar-refractivity contribution in [2.75, 3.05) is 13.6 Å². The third kappa shape index (κ3) is 1.95. The molecule has 1 aromatic carbocycles. The van der Waals surface area contributed by atoms with Gasteiger partial charge in [0, 0.05) is 20.1 Å². The molecule has 1 N–H and O–H groups in total. The average molecular weight is 251 g/mol. The first-order chi connectivity index (χ1) is 8.56. The smallest absolute Gasteiger partial charge is 0.318 e. The highest BCUT2D eigenvalue weighted by Crippen LogP contribution is 2.09. The summed E-state index contributed by atoms with van der Waals surface area (Å²) in [5.41, 5.74) is -0.413. The van der Waals surface area contributed by atoms with Crippen molar-refractivity contribution in [3.05, 3.63) is 44.9 Å². The van der Waals surface area contributed by atoms with Crippen molar-refractivity contribution in [3.63, 3.8) is 0 Å². The largest absolute Gasteiger partial charge is 0.331 e. The van der Waals surface area contributed by atoms with Gasteiger partial charge in [-0.2, -0.15) is 0 Å². The first kappa shape index (κ1) is 12.5. The van der Waals surface area contributed by atoms with Crippen molar-refractivity contribution < 1.29 is 4.39 Å². The van der Waals surface area contributed by atoms with Crippen molar-refractivity contribution in [1.82, 2.24) is 14.5 Å². The maximum Gasteiger partial charge on any atom is 0.331 e. The zero-order valence-electron chi connectivity index (χ0n) is 10.2. The summed E-state index contributed by atoms with van der Waals surface area (Å²) in [4.78, 5) is 24.1. The fourth-order valence-corrected chi connectivity index (χ4v) is 1.91. The van der Waals surface area contributed by atoms with Gasteiger partial charge in [0.2, 0.25) is 0 Å². The Morgan fingerprint density at radius 2 is 2.06 bits per heavy atom. The summed E-state index contributed by atoms with van der Waals surface area (Å²) in [6, 6.07) is 3.84. The maximum absolute atomic E-state index is 13.2. The van der Waals surface area contributed by atoms with Crippen LogP contribution in [0.1, 0.15) is 0 Å². The monoisotopic (exact) mass is 251 g/mol. The third-order valence-corrected chi connectivity index (χ3v) is 2.90. The summed E-state index contributed by atoms with van der Waals surface area (Å²) in [6.45, 7) is 0.754. The molecule has 0 atom stereocenters. The van der Waals surface area contributed by atoms with Crippen LogP contribution in [0.25, 0.3) is 10.9 Å². The normalized spacial score (nSPS) is 11.1. The molecule has 6 heteroatoms. The number of aryl methyl sites for hydroxylation is 1. The van der Waals surface area contributed by atoms with E-state index < -0.39 is 17.1 Å². The molecule has 0 bridgehead atoms. The highest BCUT2D eigenvalue weighted by molar-refractivity contribution is 5.77. The molecule has 96 valence electrons. The van der Waals surface area contributed by atoms with Gasteiger partial charge in [-0.15, -0.1) is 0 Å². The lowest BCUT2D eigenvalue weighted by molar-refractivity contribution is 0.578. The number of benzene rings is 1. The number of halogens is 1. The van der Waals surface area contributed by atoms with Gasteiger partial charge in [-0.25, -0.2) is 9.18 Å². The van der Waals surface area contributed by atoms with Crippen LogP contribution in [-0.2, 0) is 13.6 Å².